The zero-order valence-corrected chi connectivity index (χ0v) is 10.6. The van der Waals surface area contributed by atoms with E-state index < -0.39 is 0 Å². The van der Waals surface area contributed by atoms with E-state index in [9.17, 15) is 5.11 Å². The Morgan fingerprint density at radius 3 is 3.00 bits per heavy atom. The van der Waals surface area contributed by atoms with E-state index in [0.29, 0.717) is 25.4 Å². The Balaban J connectivity index is 2.40. The SMILES string of the molecule is CCOCCO/N=C/c1cc(Br)ccc1O. The summed E-state index contributed by atoms with van der Waals surface area (Å²) >= 11 is 3.31. The third kappa shape index (κ3) is 4.63. The van der Waals surface area contributed by atoms with Gasteiger partial charge in [-0.2, -0.15) is 0 Å². The van der Waals surface area contributed by atoms with Crippen molar-refractivity contribution < 1.29 is 14.7 Å². The van der Waals surface area contributed by atoms with Crippen LogP contribution in [0, 0.1) is 0 Å². The molecule has 0 saturated heterocycles. The smallest absolute Gasteiger partial charge is 0.140 e. The molecule has 0 amide bonds. The fourth-order valence-corrected chi connectivity index (χ4v) is 1.39. The molecule has 0 aliphatic heterocycles. The van der Waals surface area contributed by atoms with Crippen LogP contribution in [0.15, 0.2) is 27.8 Å². The minimum atomic E-state index is 0.167. The molecule has 0 bridgehead atoms. The van der Waals surface area contributed by atoms with Gasteiger partial charge >= 0.3 is 0 Å². The predicted molar refractivity (Wildman–Crippen MR) is 65.8 cm³/mol. The maximum atomic E-state index is 9.48. The normalized spacial score (nSPS) is 10.9. The van der Waals surface area contributed by atoms with Crippen LogP contribution in [0.2, 0.25) is 0 Å². The molecule has 5 heteroatoms. The Morgan fingerprint density at radius 1 is 1.44 bits per heavy atom. The number of oxime groups is 1. The molecule has 0 aromatic heterocycles. The van der Waals surface area contributed by atoms with E-state index in [-0.39, 0.29) is 5.75 Å². The molecule has 0 aliphatic carbocycles. The molecule has 4 nitrogen and oxygen atoms in total. The van der Waals surface area contributed by atoms with E-state index in [1.807, 2.05) is 6.92 Å². The molecule has 0 saturated carbocycles. The number of phenols is 1. The van der Waals surface area contributed by atoms with Crippen molar-refractivity contribution >= 4 is 22.1 Å². The summed E-state index contributed by atoms with van der Waals surface area (Å²) in [6.45, 7) is 3.50. The Kier molecular flexibility index (Phi) is 5.88. The van der Waals surface area contributed by atoms with Gasteiger partial charge in [0.15, 0.2) is 0 Å². The predicted octanol–water partition coefficient (Wildman–Crippen LogP) is 2.54. The van der Waals surface area contributed by atoms with Gasteiger partial charge in [-0.1, -0.05) is 21.1 Å². The van der Waals surface area contributed by atoms with Crippen molar-refractivity contribution in [3.05, 3.63) is 28.2 Å². The molecule has 88 valence electrons. The van der Waals surface area contributed by atoms with Gasteiger partial charge < -0.3 is 14.7 Å². The highest BCUT2D eigenvalue weighted by Gasteiger charge is 1.98. The van der Waals surface area contributed by atoms with Crippen LogP contribution in [0.25, 0.3) is 0 Å². The van der Waals surface area contributed by atoms with Gasteiger partial charge in [-0.25, -0.2) is 0 Å². The van der Waals surface area contributed by atoms with E-state index in [4.69, 9.17) is 9.57 Å². The molecule has 0 aliphatic rings. The van der Waals surface area contributed by atoms with Crippen LogP contribution < -0.4 is 0 Å². The lowest BCUT2D eigenvalue weighted by atomic mass is 10.2. The van der Waals surface area contributed by atoms with Crippen LogP contribution >= 0.6 is 15.9 Å². The number of rotatable bonds is 6. The van der Waals surface area contributed by atoms with Crippen molar-refractivity contribution in [2.75, 3.05) is 19.8 Å². The highest BCUT2D eigenvalue weighted by atomic mass is 79.9. The van der Waals surface area contributed by atoms with E-state index in [0.717, 1.165) is 4.47 Å². The molecule has 16 heavy (non-hydrogen) atoms. The van der Waals surface area contributed by atoms with E-state index >= 15 is 0 Å². The molecule has 0 atom stereocenters. The largest absolute Gasteiger partial charge is 0.507 e. The molecule has 0 heterocycles. The zero-order valence-electron chi connectivity index (χ0n) is 9.02. The Bertz CT molecular complexity index is 355. The summed E-state index contributed by atoms with van der Waals surface area (Å²) < 4.78 is 5.95. The molecule has 1 rings (SSSR count). The highest BCUT2D eigenvalue weighted by molar-refractivity contribution is 9.10. The van der Waals surface area contributed by atoms with Crippen molar-refractivity contribution in [2.24, 2.45) is 5.16 Å². The van der Waals surface area contributed by atoms with Gasteiger partial charge in [0.2, 0.25) is 0 Å². The van der Waals surface area contributed by atoms with Crippen molar-refractivity contribution in [1.29, 1.82) is 0 Å². The average molecular weight is 288 g/mol. The van der Waals surface area contributed by atoms with Crippen LogP contribution in [0.1, 0.15) is 12.5 Å². The number of hydrogen-bond acceptors (Lipinski definition) is 4. The molecule has 1 aromatic carbocycles. The Labute approximate surface area is 103 Å². The second kappa shape index (κ2) is 7.24. The number of halogens is 1. The first-order valence-electron chi connectivity index (χ1n) is 4.95. The Morgan fingerprint density at radius 2 is 2.25 bits per heavy atom. The molecule has 0 radical (unpaired) electrons. The first-order valence-corrected chi connectivity index (χ1v) is 5.75. The zero-order chi connectivity index (χ0) is 11.8. The average Bonchev–Trinajstić information content (AvgIpc) is 2.28. The fraction of sp³-hybridized carbons (Fsp3) is 0.364. The second-order valence-corrected chi connectivity index (χ2v) is 3.88. The minimum Gasteiger partial charge on any atom is -0.507 e. The Hall–Kier alpha value is -1.07. The van der Waals surface area contributed by atoms with Crippen molar-refractivity contribution in [2.45, 2.75) is 6.92 Å². The molecule has 1 aromatic rings. The van der Waals surface area contributed by atoms with E-state index in [1.54, 1.807) is 18.2 Å². The molecular formula is C11H14BrNO3. The highest BCUT2D eigenvalue weighted by Crippen LogP contribution is 2.19. The third-order valence-corrected chi connectivity index (χ3v) is 2.27. The first kappa shape index (κ1) is 13.0. The monoisotopic (exact) mass is 287 g/mol. The van der Waals surface area contributed by atoms with Crippen LogP contribution in [0.5, 0.6) is 5.75 Å². The number of benzene rings is 1. The standard InChI is InChI=1S/C11H14BrNO3/c1-2-15-5-6-16-13-8-9-7-10(12)3-4-11(9)14/h3-4,7-8,14H,2,5-6H2,1H3/b13-8+. The van der Waals surface area contributed by atoms with Gasteiger partial charge in [0.1, 0.15) is 12.4 Å². The van der Waals surface area contributed by atoms with Gasteiger partial charge in [0, 0.05) is 16.6 Å². The molecular weight excluding hydrogens is 274 g/mol. The van der Waals surface area contributed by atoms with Gasteiger partial charge in [0.25, 0.3) is 0 Å². The number of phenolic OH excluding ortho intramolecular Hbond substituents is 1. The maximum Gasteiger partial charge on any atom is 0.140 e. The van der Waals surface area contributed by atoms with Crippen molar-refractivity contribution in [1.82, 2.24) is 0 Å². The van der Waals surface area contributed by atoms with Crippen LogP contribution in [-0.2, 0) is 9.57 Å². The van der Waals surface area contributed by atoms with Gasteiger partial charge in [-0.3, -0.25) is 0 Å². The van der Waals surface area contributed by atoms with Crippen LogP contribution in [-0.4, -0.2) is 31.1 Å². The number of aromatic hydroxyl groups is 1. The third-order valence-electron chi connectivity index (χ3n) is 1.78. The van der Waals surface area contributed by atoms with Gasteiger partial charge in [-0.05, 0) is 25.1 Å². The molecule has 0 fully saturated rings. The molecule has 0 unspecified atom stereocenters. The van der Waals surface area contributed by atoms with Crippen LogP contribution in [0.4, 0.5) is 0 Å². The molecule has 0 spiro atoms. The summed E-state index contributed by atoms with van der Waals surface area (Å²) in [5, 5.41) is 13.2. The fourth-order valence-electron chi connectivity index (χ4n) is 1.02. The summed E-state index contributed by atoms with van der Waals surface area (Å²) in [6.07, 6.45) is 1.46. The maximum absolute atomic E-state index is 9.48. The van der Waals surface area contributed by atoms with Crippen molar-refractivity contribution in [3.63, 3.8) is 0 Å². The number of hydrogen-bond donors (Lipinski definition) is 1. The van der Waals surface area contributed by atoms with E-state index in [1.165, 1.54) is 6.21 Å². The number of nitrogens with zero attached hydrogens (tertiary/aromatic N) is 1. The van der Waals surface area contributed by atoms with Crippen molar-refractivity contribution in [3.8, 4) is 5.75 Å². The molecule has 1 N–H and O–H groups in total. The lowest BCUT2D eigenvalue weighted by molar-refractivity contribution is 0.0568. The minimum absolute atomic E-state index is 0.167. The summed E-state index contributed by atoms with van der Waals surface area (Å²) in [4.78, 5) is 4.95. The summed E-state index contributed by atoms with van der Waals surface area (Å²) in [6, 6.07) is 5.10. The van der Waals surface area contributed by atoms with Crippen LogP contribution in [0.3, 0.4) is 0 Å². The summed E-state index contributed by atoms with van der Waals surface area (Å²) in [7, 11) is 0. The summed E-state index contributed by atoms with van der Waals surface area (Å²) in [5.41, 5.74) is 0.603. The quantitative estimate of drug-likeness (QED) is 0.497. The first-order chi connectivity index (χ1) is 7.74. The lowest BCUT2D eigenvalue weighted by Gasteiger charge is -2.00. The topological polar surface area (TPSA) is 51.0 Å². The van der Waals surface area contributed by atoms with Gasteiger partial charge in [-0.15, -0.1) is 0 Å². The second-order valence-electron chi connectivity index (χ2n) is 2.97. The van der Waals surface area contributed by atoms with Gasteiger partial charge in [0.05, 0.1) is 12.8 Å². The lowest BCUT2D eigenvalue weighted by Crippen LogP contribution is -2.00. The van der Waals surface area contributed by atoms with E-state index in [2.05, 4.69) is 21.1 Å². The number of ether oxygens (including phenoxy) is 1. The summed E-state index contributed by atoms with van der Waals surface area (Å²) in [5.74, 6) is 0.167.